The molecule has 5 N–H and O–H groups in total. The number of rotatable bonds is 13. The summed E-state index contributed by atoms with van der Waals surface area (Å²) in [6.45, 7) is 2.57. The highest BCUT2D eigenvalue weighted by molar-refractivity contribution is 5.92. The highest BCUT2D eigenvalue weighted by Gasteiger charge is 2.14. The number of esters is 1. The van der Waals surface area contributed by atoms with Gasteiger partial charge in [-0.15, -0.1) is 0 Å². The van der Waals surface area contributed by atoms with Crippen LogP contribution in [-0.4, -0.2) is 23.7 Å². The largest absolute Gasteiger partial charge is 0.494 e. The van der Waals surface area contributed by atoms with Crippen molar-refractivity contribution in [2.45, 2.75) is 45.4 Å². The molecule has 0 saturated carbocycles. The van der Waals surface area contributed by atoms with Crippen molar-refractivity contribution in [1.82, 2.24) is 0 Å². The van der Waals surface area contributed by atoms with E-state index in [1.165, 1.54) is 30.5 Å². The molecule has 0 heterocycles. The average molecular weight is 503 g/mol. The van der Waals surface area contributed by atoms with Gasteiger partial charge in [-0.2, -0.15) is 0 Å². The van der Waals surface area contributed by atoms with Crippen LogP contribution in [0.4, 0.5) is 11.4 Å². The Labute approximate surface area is 217 Å². The predicted molar refractivity (Wildman–Crippen MR) is 147 cm³/mol. The fourth-order valence-corrected chi connectivity index (χ4v) is 3.92. The number of aryl methyl sites for hydroxylation is 1. The quantitative estimate of drug-likeness (QED) is 0.0872. The smallest absolute Gasteiger partial charge is 0.336 e. The van der Waals surface area contributed by atoms with Gasteiger partial charge in [0.2, 0.25) is 0 Å². The number of hydrogen-bond donors (Lipinski definition) is 3. The Kier molecular flexibility index (Phi) is 10.1. The predicted octanol–water partition coefficient (Wildman–Crippen LogP) is 5.91. The van der Waals surface area contributed by atoms with Crippen LogP contribution in [0.3, 0.4) is 0 Å². The first-order valence-electron chi connectivity index (χ1n) is 12.5. The molecule has 0 aliphatic heterocycles. The molecule has 0 fully saturated rings. The van der Waals surface area contributed by atoms with Gasteiger partial charge in [0.1, 0.15) is 11.5 Å². The molecule has 3 aromatic carbocycles. The number of anilines is 2. The summed E-state index contributed by atoms with van der Waals surface area (Å²) in [6, 6.07) is 17.9. The van der Waals surface area contributed by atoms with Crippen molar-refractivity contribution in [2.24, 2.45) is 0 Å². The van der Waals surface area contributed by atoms with Crippen LogP contribution in [0.25, 0.3) is 6.08 Å². The number of carboxylic acids is 1. The maximum atomic E-state index is 12.2. The number of nitrogen functional groups attached to an aromatic ring is 2. The summed E-state index contributed by atoms with van der Waals surface area (Å²) in [5.74, 6) is -0.309. The molecule has 0 bridgehead atoms. The van der Waals surface area contributed by atoms with Crippen molar-refractivity contribution in [3.8, 4) is 11.5 Å². The Bertz CT molecular complexity index is 1220. The highest BCUT2D eigenvalue weighted by Crippen LogP contribution is 2.23. The molecular weight excluding hydrogens is 468 g/mol. The van der Waals surface area contributed by atoms with Gasteiger partial charge in [-0.1, -0.05) is 44.0 Å². The molecule has 0 amide bonds. The number of benzene rings is 3. The number of carboxylic acid groups (broad SMARTS) is 1. The SMILES string of the molecule is CCCCCc1ccc(OC(=O)/C=C/c2ccc(OCCCc3c(N)cc(N)cc3C(=O)O)cc2)cc1. The minimum absolute atomic E-state index is 0.117. The van der Waals surface area contributed by atoms with Crippen molar-refractivity contribution in [2.75, 3.05) is 18.1 Å². The molecule has 0 radical (unpaired) electrons. The normalized spacial score (nSPS) is 10.9. The lowest BCUT2D eigenvalue weighted by Crippen LogP contribution is -2.09. The van der Waals surface area contributed by atoms with E-state index >= 15 is 0 Å². The van der Waals surface area contributed by atoms with E-state index in [0.29, 0.717) is 47.9 Å². The standard InChI is InChI=1S/C30H34N2O5/c1-2-3-4-6-21-10-15-25(16-11-21)37-29(33)17-12-22-8-13-24(14-9-22)36-18-5-7-26-27(30(34)35)19-23(31)20-28(26)32/h8-17,19-20H,2-7,18,31-32H2,1H3,(H,34,35)/b17-12+. The molecule has 0 aliphatic carbocycles. The molecule has 37 heavy (non-hydrogen) atoms. The minimum atomic E-state index is -1.06. The summed E-state index contributed by atoms with van der Waals surface area (Å²) in [4.78, 5) is 23.6. The van der Waals surface area contributed by atoms with Gasteiger partial charge < -0.3 is 26.0 Å². The zero-order valence-electron chi connectivity index (χ0n) is 21.1. The van der Waals surface area contributed by atoms with E-state index in [1.807, 2.05) is 48.5 Å². The first kappa shape index (κ1) is 27.3. The third-order valence-corrected chi connectivity index (χ3v) is 5.88. The van der Waals surface area contributed by atoms with Crippen LogP contribution >= 0.6 is 0 Å². The average Bonchev–Trinajstić information content (AvgIpc) is 2.88. The molecule has 7 nitrogen and oxygen atoms in total. The summed E-state index contributed by atoms with van der Waals surface area (Å²) in [7, 11) is 0. The van der Waals surface area contributed by atoms with E-state index in [0.717, 1.165) is 18.4 Å². The van der Waals surface area contributed by atoms with Crippen molar-refractivity contribution >= 4 is 29.4 Å². The van der Waals surface area contributed by atoms with Crippen LogP contribution < -0.4 is 20.9 Å². The second kappa shape index (κ2) is 13.7. The molecule has 3 aromatic rings. The fraction of sp³-hybridized carbons (Fsp3) is 0.267. The van der Waals surface area contributed by atoms with Gasteiger partial charge in [0.15, 0.2) is 0 Å². The Morgan fingerprint density at radius 1 is 0.892 bits per heavy atom. The summed E-state index contributed by atoms with van der Waals surface area (Å²) < 4.78 is 11.1. The molecule has 3 rings (SSSR count). The second-order valence-electron chi connectivity index (χ2n) is 8.82. The van der Waals surface area contributed by atoms with E-state index in [4.69, 9.17) is 20.9 Å². The van der Waals surface area contributed by atoms with E-state index in [2.05, 4.69) is 6.92 Å². The first-order chi connectivity index (χ1) is 17.9. The Hall–Kier alpha value is -4.26. The van der Waals surface area contributed by atoms with Gasteiger partial charge in [0, 0.05) is 17.5 Å². The number of hydrogen-bond acceptors (Lipinski definition) is 6. The van der Waals surface area contributed by atoms with Gasteiger partial charge in [0.25, 0.3) is 0 Å². The van der Waals surface area contributed by atoms with Crippen molar-refractivity contribution in [3.63, 3.8) is 0 Å². The monoisotopic (exact) mass is 502 g/mol. The zero-order valence-corrected chi connectivity index (χ0v) is 21.1. The van der Waals surface area contributed by atoms with E-state index < -0.39 is 11.9 Å². The molecule has 0 aromatic heterocycles. The van der Waals surface area contributed by atoms with Crippen LogP contribution in [-0.2, 0) is 17.6 Å². The molecule has 0 spiro atoms. The van der Waals surface area contributed by atoms with Gasteiger partial charge in [-0.3, -0.25) is 0 Å². The number of ether oxygens (including phenoxy) is 2. The van der Waals surface area contributed by atoms with Crippen LogP contribution in [0.15, 0.2) is 66.7 Å². The molecule has 7 heteroatoms. The van der Waals surface area contributed by atoms with Gasteiger partial charge >= 0.3 is 11.9 Å². The Morgan fingerprint density at radius 2 is 1.59 bits per heavy atom. The summed E-state index contributed by atoms with van der Waals surface area (Å²) >= 11 is 0. The van der Waals surface area contributed by atoms with E-state index in [1.54, 1.807) is 12.1 Å². The second-order valence-corrected chi connectivity index (χ2v) is 8.82. The lowest BCUT2D eigenvalue weighted by atomic mass is 10.00. The Morgan fingerprint density at radius 3 is 2.27 bits per heavy atom. The van der Waals surface area contributed by atoms with Gasteiger partial charge in [-0.05, 0) is 84.8 Å². The molecule has 194 valence electrons. The molecule has 0 saturated heterocycles. The van der Waals surface area contributed by atoms with Crippen LogP contribution in [0.2, 0.25) is 0 Å². The highest BCUT2D eigenvalue weighted by atomic mass is 16.5. The van der Waals surface area contributed by atoms with Crippen molar-refractivity contribution in [3.05, 3.63) is 89.0 Å². The number of carbonyl (C=O) groups is 2. The summed E-state index contributed by atoms with van der Waals surface area (Å²) in [5.41, 5.74) is 15.1. The van der Waals surface area contributed by atoms with Crippen LogP contribution in [0, 0.1) is 0 Å². The van der Waals surface area contributed by atoms with Crippen molar-refractivity contribution < 1.29 is 24.2 Å². The maximum absolute atomic E-state index is 12.2. The molecule has 0 unspecified atom stereocenters. The topological polar surface area (TPSA) is 125 Å². The number of aromatic carboxylic acids is 1. The van der Waals surface area contributed by atoms with Crippen molar-refractivity contribution in [1.29, 1.82) is 0 Å². The third kappa shape index (κ3) is 8.72. The molecule has 0 atom stereocenters. The number of nitrogens with two attached hydrogens (primary N) is 2. The van der Waals surface area contributed by atoms with E-state index in [-0.39, 0.29) is 5.56 Å². The molecule has 0 aliphatic rings. The maximum Gasteiger partial charge on any atom is 0.336 e. The van der Waals surface area contributed by atoms with E-state index in [9.17, 15) is 14.7 Å². The lowest BCUT2D eigenvalue weighted by Gasteiger charge is -2.11. The Balaban J connectivity index is 1.44. The lowest BCUT2D eigenvalue weighted by molar-refractivity contribution is -0.128. The van der Waals surface area contributed by atoms with Crippen LogP contribution in [0.5, 0.6) is 11.5 Å². The fourth-order valence-electron chi connectivity index (χ4n) is 3.92. The van der Waals surface area contributed by atoms with Crippen LogP contribution in [0.1, 0.15) is 59.7 Å². The number of unbranched alkanes of at least 4 members (excludes halogenated alkanes) is 2. The number of carbonyl (C=O) groups excluding carboxylic acids is 1. The molecular formula is C30H34N2O5. The third-order valence-electron chi connectivity index (χ3n) is 5.88. The zero-order chi connectivity index (χ0) is 26.6. The summed E-state index contributed by atoms with van der Waals surface area (Å²) in [6.07, 6.45) is 8.71. The summed E-state index contributed by atoms with van der Waals surface area (Å²) in [5, 5.41) is 9.39. The minimum Gasteiger partial charge on any atom is -0.494 e. The van der Waals surface area contributed by atoms with Gasteiger partial charge in [-0.25, -0.2) is 9.59 Å². The van der Waals surface area contributed by atoms with Gasteiger partial charge in [0.05, 0.1) is 12.2 Å². The first-order valence-corrected chi connectivity index (χ1v) is 12.5.